The van der Waals surface area contributed by atoms with Gasteiger partial charge in [-0.1, -0.05) is 64.8 Å². The summed E-state index contributed by atoms with van der Waals surface area (Å²) < 4.78 is 0. The van der Waals surface area contributed by atoms with Crippen LogP contribution in [-0.2, 0) is 4.79 Å². The molecule has 4 rings (SSSR count). The van der Waals surface area contributed by atoms with Crippen LogP contribution >= 0.6 is 0 Å². The fourth-order valence-corrected chi connectivity index (χ4v) is 9.44. The highest BCUT2D eigenvalue weighted by Gasteiger charge is 2.67. The number of carbonyl (C=O) groups is 1. The average Bonchev–Trinajstić information content (AvgIpc) is 2.90. The molecule has 32 heavy (non-hydrogen) atoms. The maximum absolute atomic E-state index is 12.8. The van der Waals surface area contributed by atoms with E-state index in [4.69, 9.17) is 0 Å². The van der Waals surface area contributed by atoms with Crippen LogP contribution in [0.3, 0.4) is 0 Å². The normalized spacial score (nSPS) is 45.9. The van der Waals surface area contributed by atoms with Crippen molar-refractivity contribution in [2.24, 2.45) is 45.3 Å². The Kier molecular flexibility index (Phi) is 5.93. The molecule has 0 radical (unpaired) electrons. The smallest absolute Gasteiger partial charge is 0.138 e. The van der Waals surface area contributed by atoms with Crippen LogP contribution in [0, 0.1) is 45.3 Å². The van der Waals surface area contributed by atoms with E-state index in [1.54, 1.807) is 5.57 Å². The molecule has 4 aliphatic carbocycles. The highest BCUT2D eigenvalue weighted by Crippen LogP contribution is 2.73. The fourth-order valence-electron chi connectivity index (χ4n) is 9.44. The lowest BCUT2D eigenvalue weighted by molar-refractivity contribution is -0.146. The molecule has 0 amide bonds. The summed E-state index contributed by atoms with van der Waals surface area (Å²) in [6.45, 7) is 18.6. The summed E-state index contributed by atoms with van der Waals surface area (Å²) in [5.41, 5.74) is 3.27. The molecule has 0 aromatic heterocycles. The summed E-state index contributed by atoms with van der Waals surface area (Å²) in [4.78, 5) is 12.8. The van der Waals surface area contributed by atoms with E-state index in [1.165, 1.54) is 18.4 Å². The van der Waals surface area contributed by atoms with E-state index in [-0.39, 0.29) is 27.8 Å². The summed E-state index contributed by atoms with van der Waals surface area (Å²) in [6, 6.07) is 0. The minimum Gasteiger partial charge on any atom is -0.393 e. The number of ketones is 1. The highest BCUT2D eigenvalue weighted by molar-refractivity contribution is 5.85. The van der Waals surface area contributed by atoms with Crippen molar-refractivity contribution in [2.75, 3.05) is 0 Å². The van der Waals surface area contributed by atoms with E-state index in [0.29, 0.717) is 29.5 Å². The highest BCUT2D eigenvalue weighted by atomic mass is 16.3. The van der Waals surface area contributed by atoms with Gasteiger partial charge in [0.25, 0.3) is 0 Å². The van der Waals surface area contributed by atoms with Crippen LogP contribution < -0.4 is 0 Å². The quantitative estimate of drug-likeness (QED) is 0.459. The van der Waals surface area contributed by atoms with Gasteiger partial charge < -0.3 is 5.11 Å². The number of Topliss-reactive ketones (excluding diaryl/α,β-unsaturated/α-hetero) is 1. The van der Waals surface area contributed by atoms with E-state index >= 15 is 0 Å². The molecule has 0 heterocycles. The maximum atomic E-state index is 12.8. The predicted octanol–water partition coefficient (Wildman–Crippen LogP) is 7.51. The van der Waals surface area contributed by atoms with Crippen molar-refractivity contribution >= 4 is 5.78 Å². The van der Waals surface area contributed by atoms with Gasteiger partial charge in [0.15, 0.2) is 0 Å². The Hall–Kier alpha value is -0.890. The number of hydrogen-bond acceptors (Lipinski definition) is 2. The Morgan fingerprint density at radius 2 is 1.88 bits per heavy atom. The molecule has 4 aliphatic rings. The number of hydrogen-bond donors (Lipinski definition) is 1. The minimum atomic E-state index is -0.214. The summed E-state index contributed by atoms with van der Waals surface area (Å²) in [7, 11) is 0. The molecule has 3 fully saturated rings. The van der Waals surface area contributed by atoms with E-state index in [2.05, 4.69) is 67.5 Å². The first-order valence-electron chi connectivity index (χ1n) is 13.3. The zero-order valence-corrected chi connectivity index (χ0v) is 22.1. The predicted molar refractivity (Wildman–Crippen MR) is 133 cm³/mol. The molecule has 0 saturated heterocycles. The Morgan fingerprint density at radius 1 is 1.19 bits per heavy atom. The molecule has 0 aromatic carbocycles. The fraction of sp³-hybridized carbons (Fsp3) is 0.833. The summed E-state index contributed by atoms with van der Waals surface area (Å²) in [6.07, 6.45) is 13.1. The Morgan fingerprint density at radius 3 is 2.53 bits per heavy atom. The number of aliphatic hydroxyl groups excluding tert-OH is 1. The van der Waals surface area contributed by atoms with Gasteiger partial charge in [0, 0.05) is 11.8 Å². The largest absolute Gasteiger partial charge is 0.393 e. The van der Waals surface area contributed by atoms with Crippen LogP contribution in [0.1, 0.15) is 107 Å². The van der Waals surface area contributed by atoms with Crippen LogP contribution in [0.4, 0.5) is 0 Å². The third kappa shape index (κ3) is 3.25. The monoisotopic (exact) mass is 440 g/mol. The number of rotatable bonds is 4. The number of allylic oxidation sites excluding steroid dienone is 4. The third-order valence-electron chi connectivity index (χ3n) is 11.4. The second-order valence-electron chi connectivity index (χ2n) is 13.6. The van der Waals surface area contributed by atoms with Crippen molar-refractivity contribution in [2.45, 2.75) is 113 Å². The van der Waals surface area contributed by atoms with E-state index in [0.717, 1.165) is 38.5 Å². The lowest BCUT2D eigenvalue weighted by atomic mass is 9.41. The second kappa shape index (κ2) is 7.82. The molecule has 0 bridgehead atoms. The Bertz CT molecular complexity index is 830. The summed E-state index contributed by atoms with van der Waals surface area (Å²) in [5.74, 6) is 2.38. The van der Waals surface area contributed by atoms with Crippen molar-refractivity contribution in [3.8, 4) is 0 Å². The molecule has 2 nitrogen and oxygen atoms in total. The van der Waals surface area contributed by atoms with E-state index < -0.39 is 0 Å². The van der Waals surface area contributed by atoms with Crippen LogP contribution in [0.2, 0.25) is 0 Å². The number of fused-ring (bicyclic) bond motifs is 5. The van der Waals surface area contributed by atoms with E-state index in [1.807, 2.05) is 0 Å². The first kappa shape index (κ1) is 24.2. The van der Waals surface area contributed by atoms with Gasteiger partial charge in [-0.15, -0.1) is 0 Å². The molecule has 8 atom stereocenters. The van der Waals surface area contributed by atoms with Gasteiger partial charge >= 0.3 is 0 Å². The van der Waals surface area contributed by atoms with Gasteiger partial charge in [-0.3, -0.25) is 4.79 Å². The number of aliphatic hydroxyl groups is 1. The molecule has 180 valence electrons. The van der Waals surface area contributed by atoms with Crippen LogP contribution in [0.5, 0.6) is 0 Å². The van der Waals surface area contributed by atoms with Crippen molar-refractivity contribution < 1.29 is 9.90 Å². The molecule has 4 unspecified atom stereocenters. The van der Waals surface area contributed by atoms with Crippen LogP contribution in [0.15, 0.2) is 23.3 Å². The molecule has 3 saturated carbocycles. The van der Waals surface area contributed by atoms with Gasteiger partial charge in [0.2, 0.25) is 0 Å². The van der Waals surface area contributed by atoms with Crippen molar-refractivity contribution in [1.82, 2.24) is 0 Å². The molecule has 0 spiro atoms. The SMILES string of the molecule is CC(C)=CCC[C@@H](C)C1[C@@H](O)C[C@]2(C)C3=CCC4C(C)(C)C(=O)CC[C@]4(C)C3CCC12C. The van der Waals surface area contributed by atoms with Gasteiger partial charge in [-0.2, -0.15) is 0 Å². The van der Waals surface area contributed by atoms with Crippen molar-refractivity contribution in [3.05, 3.63) is 23.3 Å². The molecule has 0 aliphatic heterocycles. The van der Waals surface area contributed by atoms with Gasteiger partial charge in [-0.25, -0.2) is 0 Å². The Balaban J connectivity index is 1.67. The molecular formula is C30H48O2. The summed E-state index contributed by atoms with van der Waals surface area (Å²) in [5, 5.41) is 11.4. The summed E-state index contributed by atoms with van der Waals surface area (Å²) >= 11 is 0. The van der Waals surface area contributed by atoms with Crippen molar-refractivity contribution in [1.29, 1.82) is 0 Å². The maximum Gasteiger partial charge on any atom is 0.138 e. The lowest BCUT2D eigenvalue weighted by Crippen LogP contribution is -2.57. The van der Waals surface area contributed by atoms with Gasteiger partial charge in [0.1, 0.15) is 5.78 Å². The zero-order valence-electron chi connectivity index (χ0n) is 22.1. The second-order valence-corrected chi connectivity index (χ2v) is 13.6. The molecule has 0 aromatic rings. The third-order valence-corrected chi connectivity index (χ3v) is 11.4. The molecule has 1 N–H and O–H groups in total. The van der Waals surface area contributed by atoms with E-state index in [9.17, 15) is 9.90 Å². The molecular weight excluding hydrogens is 392 g/mol. The van der Waals surface area contributed by atoms with Crippen LogP contribution in [0.25, 0.3) is 0 Å². The Labute approximate surface area is 197 Å². The topological polar surface area (TPSA) is 37.3 Å². The first-order valence-corrected chi connectivity index (χ1v) is 13.3. The first-order chi connectivity index (χ1) is 14.8. The minimum absolute atomic E-state index is 0.0738. The molecule has 2 heteroatoms. The van der Waals surface area contributed by atoms with Crippen molar-refractivity contribution in [3.63, 3.8) is 0 Å². The lowest BCUT2D eigenvalue weighted by Gasteiger charge is -2.63. The van der Waals surface area contributed by atoms with Gasteiger partial charge in [-0.05, 0) is 98.7 Å². The zero-order chi connectivity index (χ0) is 23.7. The number of carbonyl (C=O) groups excluding carboxylic acids is 1. The standard InChI is InChI=1S/C30H48O2/c1-19(2)10-9-11-20(3)26-23(31)18-30(8)22-12-13-24-27(4,5)25(32)15-16-28(24,6)21(22)14-17-29(26,30)7/h10,12,20-21,23-24,26,31H,9,11,13-18H2,1-8H3/t20-,21?,23+,24?,26?,28-,29?,30-/m1/s1. The van der Waals surface area contributed by atoms with Gasteiger partial charge in [0.05, 0.1) is 6.10 Å². The van der Waals surface area contributed by atoms with Crippen LogP contribution in [-0.4, -0.2) is 17.0 Å². The average molecular weight is 441 g/mol.